The fourth-order valence-electron chi connectivity index (χ4n) is 2.94. The number of hydrogen-bond donors (Lipinski definition) is 1. The van der Waals surface area contributed by atoms with Crippen molar-refractivity contribution >= 4 is 5.97 Å². The molecule has 6 heteroatoms. The van der Waals surface area contributed by atoms with Gasteiger partial charge in [-0.05, 0) is 26.7 Å². The van der Waals surface area contributed by atoms with Crippen LogP contribution in [0.5, 0.6) is 0 Å². The number of carbonyl (C=O) groups is 1. The standard InChI is InChI=1S/C12H19F3O3/c1-10(2,9(16)17)8-6-4-5-7-11(8,18-3)12(13,14)15/h8H,4-7H2,1-3H3,(H,16,17). The van der Waals surface area contributed by atoms with Crippen molar-refractivity contribution in [3.63, 3.8) is 0 Å². The van der Waals surface area contributed by atoms with E-state index in [4.69, 9.17) is 9.84 Å². The molecule has 0 radical (unpaired) electrons. The van der Waals surface area contributed by atoms with Crippen LogP contribution in [0.25, 0.3) is 0 Å². The first-order valence-corrected chi connectivity index (χ1v) is 5.95. The molecule has 18 heavy (non-hydrogen) atoms. The molecule has 0 amide bonds. The van der Waals surface area contributed by atoms with Gasteiger partial charge in [0.05, 0.1) is 5.41 Å². The van der Waals surface area contributed by atoms with Crippen LogP contribution in [0.2, 0.25) is 0 Å². The number of ether oxygens (including phenoxy) is 1. The Bertz CT molecular complexity index is 325. The van der Waals surface area contributed by atoms with Gasteiger partial charge in [-0.1, -0.05) is 12.8 Å². The van der Waals surface area contributed by atoms with Crippen LogP contribution in [0, 0.1) is 11.3 Å². The summed E-state index contributed by atoms with van der Waals surface area (Å²) in [5.74, 6) is -2.29. The first kappa shape index (κ1) is 15.3. The second kappa shape index (κ2) is 4.72. The summed E-state index contributed by atoms with van der Waals surface area (Å²) in [6.45, 7) is 2.68. The van der Waals surface area contributed by atoms with Crippen molar-refractivity contribution in [1.82, 2.24) is 0 Å². The lowest BCUT2D eigenvalue weighted by molar-refractivity contribution is -0.309. The van der Waals surface area contributed by atoms with Gasteiger partial charge in [-0.3, -0.25) is 4.79 Å². The van der Waals surface area contributed by atoms with E-state index in [9.17, 15) is 18.0 Å². The van der Waals surface area contributed by atoms with Gasteiger partial charge in [-0.2, -0.15) is 13.2 Å². The van der Waals surface area contributed by atoms with Crippen molar-refractivity contribution in [2.75, 3.05) is 7.11 Å². The summed E-state index contributed by atoms with van der Waals surface area (Å²) in [4.78, 5) is 11.2. The predicted molar refractivity (Wildman–Crippen MR) is 59.2 cm³/mol. The lowest BCUT2D eigenvalue weighted by atomic mass is 9.62. The highest BCUT2D eigenvalue weighted by Crippen LogP contribution is 2.53. The zero-order chi connectivity index (χ0) is 14.2. The summed E-state index contributed by atoms with van der Waals surface area (Å²) >= 11 is 0. The topological polar surface area (TPSA) is 46.5 Å². The number of alkyl halides is 3. The van der Waals surface area contributed by atoms with Crippen LogP contribution >= 0.6 is 0 Å². The van der Waals surface area contributed by atoms with E-state index < -0.39 is 29.1 Å². The van der Waals surface area contributed by atoms with Gasteiger partial charge >= 0.3 is 12.1 Å². The van der Waals surface area contributed by atoms with Gasteiger partial charge in [-0.15, -0.1) is 0 Å². The molecule has 2 atom stereocenters. The quantitative estimate of drug-likeness (QED) is 0.854. The average molecular weight is 268 g/mol. The number of carboxylic acid groups (broad SMARTS) is 1. The number of rotatable bonds is 3. The molecule has 1 aliphatic rings. The number of carboxylic acids is 1. The average Bonchev–Trinajstić information content (AvgIpc) is 2.27. The van der Waals surface area contributed by atoms with Crippen molar-refractivity contribution in [2.24, 2.45) is 11.3 Å². The van der Waals surface area contributed by atoms with Crippen LogP contribution in [-0.2, 0) is 9.53 Å². The normalized spacial score (nSPS) is 30.2. The summed E-state index contributed by atoms with van der Waals surface area (Å²) in [5.41, 5.74) is -3.81. The molecule has 0 aromatic rings. The van der Waals surface area contributed by atoms with Gasteiger partial charge in [0.15, 0.2) is 5.60 Å². The van der Waals surface area contributed by atoms with E-state index in [1.165, 1.54) is 13.8 Å². The largest absolute Gasteiger partial charge is 0.481 e. The van der Waals surface area contributed by atoms with Crippen molar-refractivity contribution in [1.29, 1.82) is 0 Å². The highest BCUT2D eigenvalue weighted by Gasteiger charge is 2.65. The Morgan fingerprint density at radius 1 is 1.33 bits per heavy atom. The molecule has 0 heterocycles. The molecular formula is C12H19F3O3. The predicted octanol–water partition coefficient (Wildman–Crippen LogP) is 3.23. The van der Waals surface area contributed by atoms with E-state index in [2.05, 4.69) is 0 Å². The summed E-state index contributed by atoms with van der Waals surface area (Å²) in [7, 11) is 1.02. The lowest BCUT2D eigenvalue weighted by Gasteiger charge is -2.48. The van der Waals surface area contributed by atoms with Gasteiger partial charge in [-0.25, -0.2) is 0 Å². The highest BCUT2D eigenvalue weighted by atomic mass is 19.4. The molecule has 0 aromatic carbocycles. The third-order valence-electron chi connectivity index (χ3n) is 4.12. The number of methoxy groups -OCH3 is 1. The Morgan fingerprint density at radius 2 is 1.89 bits per heavy atom. The van der Waals surface area contributed by atoms with E-state index in [-0.39, 0.29) is 12.8 Å². The maximum absolute atomic E-state index is 13.3. The summed E-state index contributed by atoms with van der Waals surface area (Å²) < 4.78 is 44.8. The Hall–Kier alpha value is -0.780. The SMILES string of the molecule is COC1(C(F)(F)F)CCCCC1C(C)(C)C(=O)O. The van der Waals surface area contributed by atoms with Crippen LogP contribution < -0.4 is 0 Å². The highest BCUT2D eigenvalue weighted by molar-refractivity contribution is 5.74. The Balaban J connectivity index is 3.25. The van der Waals surface area contributed by atoms with Crippen LogP contribution in [-0.4, -0.2) is 30.0 Å². The van der Waals surface area contributed by atoms with E-state index in [1.54, 1.807) is 0 Å². The Labute approximate surface area is 104 Å². The van der Waals surface area contributed by atoms with Crippen LogP contribution in [0.15, 0.2) is 0 Å². The number of hydrogen-bond acceptors (Lipinski definition) is 2. The number of aliphatic carboxylic acids is 1. The zero-order valence-electron chi connectivity index (χ0n) is 10.8. The molecule has 1 aliphatic carbocycles. The maximum Gasteiger partial charge on any atom is 0.417 e. The molecule has 106 valence electrons. The van der Waals surface area contributed by atoms with Gasteiger partial charge in [0.1, 0.15) is 0 Å². The molecule has 0 aromatic heterocycles. The minimum absolute atomic E-state index is 0.172. The summed E-state index contributed by atoms with van der Waals surface area (Å²) in [5, 5.41) is 9.16. The maximum atomic E-state index is 13.3. The van der Waals surface area contributed by atoms with Gasteiger partial charge in [0.2, 0.25) is 0 Å². The molecule has 3 nitrogen and oxygen atoms in total. The third kappa shape index (κ3) is 2.22. The van der Waals surface area contributed by atoms with Crippen LogP contribution in [0.3, 0.4) is 0 Å². The van der Waals surface area contributed by atoms with E-state index in [0.29, 0.717) is 12.8 Å². The first-order valence-electron chi connectivity index (χ1n) is 5.95. The molecule has 0 aliphatic heterocycles. The third-order valence-corrected chi connectivity index (χ3v) is 4.12. The Morgan fingerprint density at radius 3 is 2.28 bits per heavy atom. The molecule has 1 fully saturated rings. The van der Waals surface area contributed by atoms with Crippen LogP contribution in [0.1, 0.15) is 39.5 Å². The van der Waals surface area contributed by atoms with E-state index in [1.807, 2.05) is 0 Å². The molecule has 1 N–H and O–H groups in total. The first-order chi connectivity index (χ1) is 8.09. The van der Waals surface area contributed by atoms with Gasteiger partial charge in [0.25, 0.3) is 0 Å². The van der Waals surface area contributed by atoms with Gasteiger partial charge in [0, 0.05) is 13.0 Å². The minimum atomic E-state index is -4.56. The minimum Gasteiger partial charge on any atom is -0.481 e. The molecule has 0 spiro atoms. The van der Waals surface area contributed by atoms with E-state index >= 15 is 0 Å². The monoisotopic (exact) mass is 268 g/mol. The fraction of sp³-hybridized carbons (Fsp3) is 0.917. The molecule has 2 unspecified atom stereocenters. The second-order valence-electron chi connectivity index (χ2n) is 5.42. The smallest absolute Gasteiger partial charge is 0.417 e. The van der Waals surface area contributed by atoms with E-state index in [0.717, 1.165) is 7.11 Å². The van der Waals surface area contributed by atoms with Crippen molar-refractivity contribution in [3.05, 3.63) is 0 Å². The Kier molecular flexibility index (Phi) is 4.00. The molecule has 0 saturated heterocycles. The molecule has 1 rings (SSSR count). The van der Waals surface area contributed by atoms with Crippen molar-refractivity contribution < 1.29 is 27.8 Å². The zero-order valence-corrected chi connectivity index (χ0v) is 10.8. The second-order valence-corrected chi connectivity index (χ2v) is 5.42. The fourth-order valence-corrected chi connectivity index (χ4v) is 2.94. The number of halogens is 3. The summed E-state index contributed by atoms with van der Waals surface area (Å²) in [6.07, 6.45) is -3.51. The molecule has 0 bridgehead atoms. The lowest BCUT2D eigenvalue weighted by Crippen LogP contribution is -2.59. The van der Waals surface area contributed by atoms with Crippen molar-refractivity contribution in [3.8, 4) is 0 Å². The van der Waals surface area contributed by atoms with Gasteiger partial charge < -0.3 is 9.84 Å². The molecule has 1 saturated carbocycles. The molecular weight excluding hydrogens is 249 g/mol. The van der Waals surface area contributed by atoms with Crippen LogP contribution in [0.4, 0.5) is 13.2 Å². The summed E-state index contributed by atoms with van der Waals surface area (Å²) in [6, 6.07) is 0. The van der Waals surface area contributed by atoms with Crippen molar-refractivity contribution in [2.45, 2.75) is 51.3 Å².